The molecule has 3 fully saturated rings. The Balaban J connectivity index is 1.45. The number of aliphatic hydroxyl groups excluding tert-OH is 1. The van der Waals surface area contributed by atoms with Crippen LogP contribution in [-0.4, -0.2) is 77.7 Å². The van der Waals surface area contributed by atoms with Gasteiger partial charge in [0, 0.05) is 19.5 Å². The zero-order chi connectivity index (χ0) is 33.0. The van der Waals surface area contributed by atoms with E-state index in [2.05, 4.69) is 18.5 Å². The minimum absolute atomic E-state index is 0.0980. The Morgan fingerprint density at radius 1 is 1.20 bits per heavy atom. The summed E-state index contributed by atoms with van der Waals surface area (Å²) >= 11 is 6.59. The maximum Gasteiger partial charge on any atom is 0.306 e. The lowest BCUT2D eigenvalue weighted by molar-refractivity contribution is -0.146. The van der Waals surface area contributed by atoms with Crippen LogP contribution >= 0.6 is 11.6 Å². The maximum absolute atomic E-state index is 14.6. The highest BCUT2D eigenvalue weighted by Crippen LogP contribution is 2.58. The molecule has 10 nitrogen and oxygen atoms in total. The normalized spacial score (nSPS) is 25.1. The number of carbonyl (C=O) groups excluding carboxylic acids is 4. The van der Waals surface area contributed by atoms with Gasteiger partial charge in [0.05, 0.1) is 41.3 Å². The Labute approximate surface area is 274 Å². The van der Waals surface area contributed by atoms with Gasteiger partial charge in [0.15, 0.2) is 0 Å². The fourth-order valence-corrected chi connectivity index (χ4v) is 7.58. The molecule has 11 heteroatoms. The van der Waals surface area contributed by atoms with Crippen LogP contribution in [0.5, 0.6) is 0 Å². The third-order valence-corrected chi connectivity index (χ3v) is 9.50. The molecule has 3 heterocycles. The van der Waals surface area contributed by atoms with Crippen LogP contribution in [0.4, 0.5) is 5.69 Å². The Morgan fingerprint density at radius 2 is 1.96 bits per heavy atom. The summed E-state index contributed by atoms with van der Waals surface area (Å²) in [5.41, 5.74) is 0.722. The third kappa shape index (κ3) is 6.09. The van der Waals surface area contributed by atoms with Crippen molar-refractivity contribution in [2.45, 2.75) is 56.4 Å². The van der Waals surface area contributed by atoms with Gasteiger partial charge in [-0.3, -0.25) is 19.2 Å². The molecule has 244 valence electrons. The van der Waals surface area contributed by atoms with Gasteiger partial charge in [-0.2, -0.15) is 0 Å². The summed E-state index contributed by atoms with van der Waals surface area (Å²) in [6.45, 7) is 8.84. The Bertz CT molecular complexity index is 1480. The number of halogens is 1. The summed E-state index contributed by atoms with van der Waals surface area (Å²) in [4.78, 5) is 58.0. The monoisotopic (exact) mass is 649 g/mol. The molecule has 0 unspecified atom stereocenters. The Kier molecular flexibility index (Phi) is 10.3. The van der Waals surface area contributed by atoms with E-state index >= 15 is 0 Å². The fraction of sp³-hybridized carbons (Fsp3) is 0.429. The quantitative estimate of drug-likeness (QED) is 0.235. The minimum Gasteiger partial charge on any atom is -0.463 e. The zero-order valence-electron chi connectivity index (χ0n) is 25.9. The van der Waals surface area contributed by atoms with Crippen LogP contribution in [0.2, 0.25) is 5.02 Å². The van der Waals surface area contributed by atoms with Gasteiger partial charge in [0.2, 0.25) is 11.8 Å². The summed E-state index contributed by atoms with van der Waals surface area (Å²) in [6.07, 6.45) is 4.12. The first kappa shape index (κ1) is 33.4. The maximum atomic E-state index is 14.6. The van der Waals surface area contributed by atoms with Crippen LogP contribution in [0.3, 0.4) is 0 Å². The van der Waals surface area contributed by atoms with Gasteiger partial charge < -0.3 is 29.7 Å². The predicted octanol–water partition coefficient (Wildman–Crippen LogP) is 3.90. The number of hydrogen-bond acceptors (Lipinski definition) is 7. The molecule has 2 N–H and O–H groups in total. The van der Waals surface area contributed by atoms with Crippen molar-refractivity contribution >= 4 is 41.0 Å². The second-order valence-electron chi connectivity index (χ2n) is 11.9. The number of fused-ring (bicyclic) bond motifs is 1. The van der Waals surface area contributed by atoms with E-state index in [-0.39, 0.29) is 32.7 Å². The van der Waals surface area contributed by atoms with E-state index in [4.69, 9.17) is 21.1 Å². The molecule has 5 rings (SSSR count). The van der Waals surface area contributed by atoms with Gasteiger partial charge in [0.25, 0.3) is 5.91 Å². The third-order valence-electron chi connectivity index (χ3n) is 9.20. The molecule has 2 aromatic rings. The second kappa shape index (κ2) is 14.2. The molecule has 3 saturated heterocycles. The van der Waals surface area contributed by atoms with Gasteiger partial charge in [0.1, 0.15) is 18.2 Å². The number of anilines is 1. The SMILES string of the molecule is C=CCCC(=O)OC[C@H](NC(=O)[C@@H]1[C@H]2C(=O)N(CCO)[C@H](C(=O)N(CC=C)c3c(C)cccc3Cl)[C@]23CC[C@H]1O3)c1ccccc1. The van der Waals surface area contributed by atoms with Crippen LogP contribution in [0.15, 0.2) is 73.8 Å². The number of amides is 3. The number of aliphatic hydroxyl groups is 1. The van der Waals surface area contributed by atoms with Crippen molar-refractivity contribution in [3.63, 3.8) is 0 Å². The first-order valence-corrected chi connectivity index (χ1v) is 15.9. The minimum atomic E-state index is -1.27. The molecular weight excluding hydrogens is 610 g/mol. The molecule has 2 bridgehead atoms. The van der Waals surface area contributed by atoms with Gasteiger partial charge >= 0.3 is 5.97 Å². The summed E-state index contributed by atoms with van der Waals surface area (Å²) < 4.78 is 12.0. The lowest BCUT2D eigenvalue weighted by Gasteiger charge is -2.37. The molecule has 0 aromatic heterocycles. The number of likely N-dealkylation sites (tertiary alicyclic amines) is 1. The number of rotatable bonds is 14. The molecule has 46 heavy (non-hydrogen) atoms. The van der Waals surface area contributed by atoms with E-state index in [0.717, 1.165) is 11.1 Å². The van der Waals surface area contributed by atoms with E-state index in [0.29, 0.717) is 30.0 Å². The van der Waals surface area contributed by atoms with Gasteiger partial charge in [-0.05, 0) is 43.4 Å². The van der Waals surface area contributed by atoms with E-state index < -0.39 is 59.3 Å². The van der Waals surface area contributed by atoms with Crippen molar-refractivity contribution < 1.29 is 33.8 Å². The Hall–Kier alpha value is -3.99. The molecule has 0 radical (unpaired) electrons. The predicted molar refractivity (Wildman–Crippen MR) is 173 cm³/mol. The number of carbonyl (C=O) groups is 4. The first-order valence-electron chi connectivity index (χ1n) is 15.6. The van der Waals surface area contributed by atoms with E-state index in [1.807, 2.05) is 43.3 Å². The van der Waals surface area contributed by atoms with Crippen molar-refractivity contribution in [1.29, 1.82) is 0 Å². The van der Waals surface area contributed by atoms with Crippen LogP contribution in [0.25, 0.3) is 0 Å². The summed E-state index contributed by atoms with van der Waals surface area (Å²) in [6, 6.07) is 12.7. The molecule has 0 saturated carbocycles. The fourth-order valence-electron chi connectivity index (χ4n) is 7.26. The standard InChI is InChI=1S/C35H40ClN3O7/c1-4-6-15-27(41)45-21-25(23-12-8-7-9-13-23)37-32(42)28-26-16-17-35(46-26)29(28)33(43)39(19-20-40)31(35)34(44)38(18-5-2)30-22(3)11-10-14-24(30)36/h4-5,7-14,25-26,28-29,31,40H,1-2,6,15-21H2,3H3,(H,37,42)/t25-,26+,28-,29-,31+,35-/m0/s1. The first-order chi connectivity index (χ1) is 22.2. The van der Waals surface area contributed by atoms with Crippen LogP contribution in [-0.2, 0) is 28.7 Å². The lowest BCUT2D eigenvalue weighted by atomic mass is 9.70. The Morgan fingerprint density at radius 3 is 2.63 bits per heavy atom. The number of nitrogens with one attached hydrogen (secondary N) is 1. The average molecular weight is 650 g/mol. The molecular formula is C35H40ClN3O7. The second-order valence-corrected chi connectivity index (χ2v) is 12.3. The molecule has 3 amide bonds. The van der Waals surface area contributed by atoms with Crippen LogP contribution in [0.1, 0.15) is 42.9 Å². The number of aryl methyl sites for hydroxylation is 1. The molecule has 6 atom stereocenters. The summed E-state index contributed by atoms with van der Waals surface area (Å²) in [5, 5.41) is 13.4. The van der Waals surface area contributed by atoms with Gasteiger partial charge in [-0.15, -0.1) is 13.2 Å². The number of esters is 1. The van der Waals surface area contributed by atoms with Gasteiger partial charge in [-0.25, -0.2) is 0 Å². The number of benzene rings is 2. The van der Waals surface area contributed by atoms with Crippen LogP contribution in [0, 0.1) is 18.8 Å². The van der Waals surface area contributed by atoms with Crippen LogP contribution < -0.4 is 10.2 Å². The topological polar surface area (TPSA) is 125 Å². The summed E-state index contributed by atoms with van der Waals surface area (Å²) in [5.74, 6) is -3.52. The van der Waals surface area contributed by atoms with Crippen molar-refractivity contribution in [2.24, 2.45) is 11.8 Å². The highest BCUT2D eigenvalue weighted by Gasteiger charge is 2.74. The number of ether oxygens (including phenoxy) is 2. The smallest absolute Gasteiger partial charge is 0.306 e. The largest absolute Gasteiger partial charge is 0.463 e. The van der Waals surface area contributed by atoms with Crippen molar-refractivity contribution in [3.8, 4) is 0 Å². The molecule has 0 aliphatic carbocycles. The van der Waals surface area contributed by atoms with Crippen molar-refractivity contribution in [3.05, 3.63) is 90.0 Å². The molecule has 3 aliphatic rings. The molecule has 1 spiro atoms. The number of para-hydroxylation sites is 1. The summed E-state index contributed by atoms with van der Waals surface area (Å²) in [7, 11) is 0. The number of nitrogens with zero attached hydrogens (tertiary/aromatic N) is 2. The highest BCUT2D eigenvalue weighted by atomic mass is 35.5. The van der Waals surface area contributed by atoms with E-state index in [1.165, 1.54) is 9.80 Å². The van der Waals surface area contributed by atoms with E-state index in [9.17, 15) is 24.3 Å². The molecule has 3 aliphatic heterocycles. The number of β-amino-alcohol motifs (C(OH)–C–C–N with tert-alkyl or cyclic N) is 1. The van der Waals surface area contributed by atoms with E-state index in [1.54, 1.807) is 24.3 Å². The van der Waals surface area contributed by atoms with Crippen molar-refractivity contribution in [2.75, 3.05) is 31.2 Å². The van der Waals surface area contributed by atoms with Gasteiger partial charge in [-0.1, -0.05) is 66.2 Å². The van der Waals surface area contributed by atoms with Crippen molar-refractivity contribution in [1.82, 2.24) is 10.2 Å². The molecule has 2 aromatic carbocycles. The number of allylic oxidation sites excluding steroid dienone is 1. The highest BCUT2D eigenvalue weighted by molar-refractivity contribution is 6.34. The zero-order valence-corrected chi connectivity index (χ0v) is 26.7. The average Bonchev–Trinajstić information content (AvgIpc) is 3.69. The lowest BCUT2D eigenvalue weighted by Crippen LogP contribution is -2.57. The number of hydrogen-bond donors (Lipinski definition) is 2.